The Kier molecular flexibility index (Phi) is 9.58. The lowest BCUT2D eigenvalue weighted by molar-refractivity contribution is 0.248. The second kappa shape index (κ2) is 13.5. The van der Waals surface area contributed by atoms with Crippen LogP contribution in [0.3, 0.4) is 0 Å². The van der Waals surface area contributed by atoms with E-state index in [1.54, 1.807) is 13.2 Å². The highest BCUT2D eigenvalue weighted by Gasteiger charge is 2.15. The van der Waals surface area contributed by atoms with E-state index in [1.807, 2.05) is 43.3 Å². The molecule has 0 fully saturated rings. The van der Waals surface area contributed by atoms with Crippen molar-refractivity contribution in [2.45, 2.75) is 39.6 Å². The molecule has 0 unspecified atom stereocenters. The maximum atomic E-state index is 9.49. The number of ether oxygens (including phenoxy) is 2. The lowest BCUT2D eigenvalue weighted by Crippen LogP contribution is -2.29. The highest BCUT2D eigenvalue weighted by atomic mass is 16.5. The molecule has 0 heterocycles. The number of nitriles is 1. The highest BCUT2D eigenvalue weighted by Crippen LogP contribution is 2.34. The second-order valence-electron chi connectivity index (χ2n) is 9.53. The molecule has 6 heteroatoms. The van der Waals surface area contributed by atoms with E-state index >= 15 is 0 Å². The molecule has 200 valence electrons. The monoisotopic (exact) mass is 521 g/mol. The van der Waals surface area contributed by atoms with Crippen LogP contribution in [0.1, 0.15) is 34.7 Å². The summed E-state index contributed by atoms with van der Waals surface area (Å²) >= 11 is 0. The molecule has 0 aromatic heterocycles. The summed E-state index contributed by atoms with van der Waals surface area (Å²) in [5.74, 6) is 1.36. The third-order valence-corrected chi connectivity index (χ3v) is 6.75. The summed E-state index contributed by atoms with van der Waals surface area (Å²) in [5.41, 5.74) is 8.08. The molecule has 0 aliphatic heterocycles. The highest BCUT2D eigenvalue weighted by molar-refractivity contribution is 5.68. The molecule has 0 saturated heterocycles. The molecule has 0 radical (unpaired) electrons. The lowest BCUT2D eigenvalue weighted by atomic mass is 9.96. The number of hydrogen-bond donors (Lipinski definition) is 3. The quantitative estimate of drug-likeness (QED) is 0.206. The standard InChI is InChI=1S/C33H35N3O3/c1-23(21-37)35-20-31-32(38-3)16-29(17-33(31)39-22-26-10-7-9-25(15-26)18-34)36-19-28-13-8-14-30(24(28)2)27-11-5-4-6-12-27/h4-17,23,35-37H,19-22H2,1-3H3/t23-/m0/s1. The molecule has 0 amide bonds. The molecule has 0 aliphatic carbocycles. The van der Waals surface area contributed by atoms with Crippen LogP contribution in [0.25, 0.3) is 11.1 Å². The van der Waals surface area contributed by atoms with Gasteiger partial charge in [-0.2, -0.15) is 5.26 Å². The largest absolute Gasteiger partial charge is 0.496 e. The molecule has 3 N–H and O–H groups in total. The molecule has 6 nitrogen and oxygen atoms in total. The van der Waals surface area contributed by atoms with Gasteiger partial charge in [-0.25, -0.2) is 0 Å². The molecule has 0 bridgehead atoms. The molecule has 0 saturated carbocycles. The number of benzene rings is 4. The number of nitrogens with one attached hydrogen (secondary N) is 2. The van der Waals surface area contributed by atoms with Crippen LogP contribution in [0.4, 0.5) is 5.69 Å². The van der Waals surface area contributed by atoms with E-state index in [1.165, 1.54) is 22.3 Å². The average Bonchev–Trinajstić information content (AvgIpc) is 2.98. The Bertz CT molecular complexity index is 1430. The van der Waals surface area contributed by atoms with E-state index in [0.29, 0.717) is 36.8 Å². The van der Waals surface area contributed by atoms with Crippen molar-refractivity contribution in [2.75, 3.05) is 19.0 Å². The van der Waals surface area contributed by atoms with E-state index in [0.717, 1.165) is 16.8 Å². The van der Waals surface area contributed by atoms with E-state index in [-0.39, 0.29) is 12.6 Å². The zero-order chi connectivity index (χ0) is 27.6. The SMILES string of the molecule is COc1cc(NCc2cccc(-c3ccccc3)c2C)cc(OCc2cccc(C#N)c2)c1CN[C@@H](C)CO. The van der Waals surface area contributed by atoms with Crippen LogP contribution in [-0.2, 0) is 19.7 Å². The third kappa shape index (κ3) is 7.17. The predicted octanol–water partition coefficient (Wildman–Crippen LogP) is 6.20. The Morgan fingerprint density at radius 1 is 0.923 bits per heavy atom. The van der Waals surface area contributed by atoms with Crippen LogP contribution in [0.2, 0.25) is 0 Å². The fourth-order valence-electron chi connectivity index (χ4n) is 4.44. The fraction of sp³-hybridized carbons (Fsp3) is 0.242. The van der Waals surface area contributed by atoms with Gasteiger partial charge in [0.15, 0.2) is 0 Å². The van der Waals surface area contributed by atoms with Crippen LogP contribution in [-0.4, -0.2) is 24.9 Å². The number of aliphatic hydroxyl groups excluding tert-OH is 1. The van der Waals surface area contributed by atoms with Crippen LogP contribution >= 0.6 is 0 Å². The smallest absolute Gasteiger partial charge is 0.130 e. The molecule has 0 aliphatic rings. The first-order chi connectivity index (χ1) is 19.0. The van der Waals surface area contributed by atoms with E-state index < -0.39 is 0 Å². The van der Waals surface area contributed by atoms with E-state index in [9.17, 15) is 10.4 Å². The Hall–Kier alpha value is -4.31. The molecular weight excluding hydrogens is 486 g/mol. The Balaban J connectivity index is 1.60. The van der Waals surface area contributed by atoms with Crippen LogP contribution in [0.5, 0.6) is 11.5 Å². The van der Waals surface area contributed by atoms with Crippen molar-refractivity contribution in [3.63, 3.8) is 0 Å². The fourth-order valence-corrected chi connectivity index (χ4v) is 4.44. The van der Waals surface area contributed by atoms with Gasteiger partial charge in [0.1, 0.15) is 18.1 Å². The third-order valence-electron chi connectivity index (χ3n) is 6.75. The number of aliphatic hydroxyl groups is 1. The number of rotatable bonds is 12. The van der Waals surface area contributed by atoms with Crippen molar-refractivity contribution in [1.82, 2.24) is 5.32 Å². The minimum absolute atomic E-state index is 0.0283. The lowest BCUT2D eigenvalue weighted by Gasteiger charge is -2.20. The van der Waals surface area contributed by atoms with Crippen molar-refractivity contribution in [3.05, 3.63) is 113 Å². The van der Waals surface area contributed by atoms with Crippen molar-refractivity contribution in [2.24, 2.45) is 0 Å². The summed E-state index contributed by atoms with van der Waals surface area (Å²) in [5, 5.41) is 25.6. The Morgan fingerprint density at radius 2 is 1.69 bits per heavy atom. The van der Waals surface area contributed by atoms with Gasteiger partial charge in [0.2, 0.25) is 0 Å². The zero-order valence-electron chi connectivity index (χ0n) is 22.7. The maximum absolute atomic E-state index is 9.49. The van der Waals surface area contributed by atoms with E-state index in [4.69, 9.17) is 9.47 Å². The first-order valence-electron chi connectivity index (χ1n) is 13.1. The molecule has 4 aromatic carbocycles. The van der Waals surface area contributed by atoms with Gasteiger partial charge in [0.05, 0.1) is 30.9 Å². The van der Waals surface area contributed by atoms with Crippen LogP contribution in [0.15, 0.2) is 84.9 Å². The molecule has 0 spiro atoms. The summed E-state index contributed by atoms with van der Waals surface area (Å²) in [4.78, 5) is 0. The van der Waals surface area contributed by atoms with Crippen LogP contribution in [0, 0.1) is 18.3 Å². The summed E-state index contributed by atoms with van der Waals surface area (Å²) in [6.45, 7) is 5.52. The maximum Gasteiger partial charge on any atom is 0.130 e. The molecule has 4 rings (SSSR count). The number of methoxy groups -OCH3 is 1. The van der Waals surface area contributed by atoms with Gasteiger partial charge in [-0.1, -0.05) is 60.7 Å². The van der Waals surface area contributed by atoms with Gasteiger partial charge < -0.3 is 25.2 Å². The first kappa shape index (κ1) is 27.7. The number of anilines is 1. The van der Waals surface area contributed by atoms with E-state index in [2.05, 4.69) is 66.1 Å². The average molecular weight is 522 g/mol. The summed E-state index contributed by atoms with van der Waals surface area (Å²) < 4.78 is 12.1. The molecular formula is C33H35N3O3. The number of hydrogen-bond acceptors (Lipinski definition) is 6. The summed E-state index contributed by atoms with van der Waals surface area (Å²) in [6, 6.07) is 30.2. The van der Waals surface area contributed by atoms with Crippen molar-refractivity contribution in [3.8, 4) is 28.7 Å². The van der Waals surface area contributed by atoms with Crippen molar-refractivity contribution in [1.29, 1.82) is 5.26 Å². The zero-order valence-corrected chi connectivity index (χ0v) is 22.7. The van der Waals surface area contributed by atoms with Crippen molar-refractivity contribution < 1.29 is 14.6 Å². The Morgan fingerprint density at radius 3 is 2.44 bits per heavy atom. The summed E-state index contributed by atoms with van der Waals surface area (Å²) in [6.07, 6.45) is 0. The van der Waals surface area contributed by atoms with Gasteiger partial charge >= 0.3 is 0 Å². The van der Waals surface area contributed by atoms with Crippen molar-refractivity contribution >= 4 is 5.69 Å². The van der Waals surface area contributed by atoms with Gasteiger partial charge in [-0.15, -0.1) is 0 Å². The topological polar surface area (TPSA) is 86.5 Å². The number of nitrogens with zero attached hydrogens (tertiary/aromatic N) is 1. The van der Waals surface area contributed by atoms with Gasteiger partial charge in [-0.3, -0.25) is 0 Å². The minimum atomic E-state index is -0.0764. The van der Waals surface area contributed by atoms with Gasteiger partial charge in [0.25, 0.3) is 0 Å². The molecule has 1 atom stereocenters. The Labute approximate surface area is 230 Å². The first-order valence-corrected chi connectivity index (χ1v) is 13.1. The van der Waals surface area contributed by atoms with Gasteiger partial charge in [-0.05, 0) is 53.8 Å². The molecule has 39 heavy (non-hydrogen) atoms. The minimum Gasteiger partial charge on any atom is -0.496 e. The van der Waals surface area contributed by atoms with Crippen LogP contribution < -0.4 is 20.1 Å². The normalized spacial score (nSPS) is 11.5. The van der Waals surface area contributed by atoms with Gasteiger partial charge in [0, 0.05) is 37.0 Å². The molecule has 4 aromatic rings. The second-order valence-corrected chi connectivity index (χ2v) is 9.53. The predicted molar refractivity (Wildman–Crippen MR) is 156 cm³/mol. The summed E-state index contributed by atoms with van der Waals surface area (Å²) in [7, 11) is 1.64.